The van der Waals surface area contributed by atoms with Crippen molar-refractivity contribution in [1.29, 1.82) is 0 Å². The maximum atomic E-state index is 11.0. The number of carbonyl (C=O) groups is 1. The minimum Gasteiger partial charge on any atom is -0.465 e. The van der Waals surface area contributed by atoms with Gasteiger partial charge in [0.05, 0.1) is 5.52 Å². The summed E-state index contributed by atoms with van der Waals surface area (Å²) in [6, 6.07) is 4.20. The van der Waals surface area contributed by atoms with Gasteiger partial charge in [0, 0.05) is 42.7 Å². The van der Waals surface area contributed by atoms with E-state index in [1.807, 2.05) is 19.1 Å². The summed E-state index contributed by atoms with van der Waals surface area (Å²) in [6.45, 7) is 3.28. The van der Waals surface area contributed by atoms with Crippen molar-refractivity contribution in [3.8, 4) is 0 Å². The molecule has 2 aliphatic rings. The van der Waals surface area contributed by atoms with Gasteiger partial charge in [0.1, 0.15) is 5.52 Å². The summed E-state index contributed by atoms with van der Waals surface area (Å²) in [7, 11) is 0. The van der Waals surface area contributed by atoms with E-state index in [2.05, 4.69) is 14.8 Å². The third-order valence-electron chi connectivity index (χ3n) is 4.47. The second-order valence-electron chi connectivity index (χ2n) is 5.60. The lowest BCUT2D eigenvalue weighted by Gasteiger charge is -2.18. The van der Waals surface area contributed by atoms with Crippen LogP contribution in [0.5, 0.6) is 0 Å². The van der Waals surface area contributed by atoms with E-state index < -0.39 is 6.09 Å². The second kappa shape index (κ2) is 3.85. The summed E-state index contributed by atoms with van der Waals surface area (Å²) in [5.74, 6) is 0.819. The predicted molar refractivity (Wildman–Crippen MR) is 72.9 cm³/mol. The van der Waals surface area contributed by atoms with E-state index in [9.17, 15) is 4.79 Å². The smallest absolute Gasteiger partial charge is 0.407 e. The lowest BCUT2D eigenvalue weighted by atomic mass is 10.3. The molecule has 1 amide bonds. The fourth-order valence-corrected chi connectivity index (χ4v) is 3.69. The first-order valence-corrected chi connectivity index (χ1v) is 6.92. The van der Waals surface area contributed by atoms with Gasteiger partial charge in [-0.1, -0.05) is 11.6 Å². The Bertz CT molecular complexity index is 716. The van der Waals surface area contributed by atoms with Crippen LogP contribution in [0.1, 0.15) is 11.7 Å². The average molecular weight is 293 g/mol. The van der Waals surface area contributed by atoms with E-state index in [4.69, 9.17) is 16.7 Å². The van der Waals surface area contributed by atoms with Gasteiger partial charge in [0.15, 0.2) is 5.15 Å². The Kier molecular flexibility index (Phi) is 2.30. The molecular formula is C13H13ClN4O2. The quantitative estimate of drug-likeness (QED) is 0.874. The Morgan fingerprint density at radius 1 is 1.35 bits per heavy atom. The molecule has 0 unspecified atom stereocenters. The second-order valence-corrected chi connectivity index (χ2v) is 5.99. The Morgan fingerprint density at radius 3 is 2.70 bits per heavy atom. The van der Waals surface area contributed by atoms with Gasteiger partial charge in [-0.3, -0.25) is 0 Å². The summed E-state index contributed by atoms with van der Waals surface area (Å²) in [5.41, 5.74) is 2.95. The fraction of sp³-hybridized carbons (Fsp3) is 0.462. The van der Waals surface area contributed by atoms with E-state index in [1.165, 1.54) is 4.90 Å². The van der Waals surface area contributed by atoms with Gasteiger partial charge in [-0.05, 0) is 13.0 Å². The zero-order chi connectivity index (χ0) is 14.0. The number of hydrogen-bond acceptors (Lipinski definition) is 3. The third-order valence-corrected chi connectivity index (χ3v) is 4.66. The molecule has 3 atom stereocenters. The summed E-state index contributed by atoms with van der Waals surface area (Å²) >= 11 is 5.94. The van der Waals surface area contributed by atoms with Crippen LogP contribution in [0.15, 0.2) is 12.1 Å². The summed E-state index contributed by atoms with van der Waals surface area (Å²) in [6.07, 6.45) is -0.820. The van der Waals surface area contributed by atoms with Crippen molar-refractivity contribution < 1.29 is 9.90 Å². The molecule has 20 heavy (non-hydrogen) atoms. The minimum absolute atomic E-state index is 0.364. The first-order chi connectivity index (χ1) is 9.56. The van der Waals surface area contributed by atoms with Crippen molar-refractivity contribution in [1.82, 2.24) is 19.7 Å². The van der Waals surface area contributed by atoms with Gasteiger partial charge < -0.3 is 14.6 Å². The molecule has 4 rings (SSSR count). The number of piperidine rings is 1. The number of carboxylic acid groups (broad SMARTS) is 1. The highest BCUT2D eigenvalue weighted by Crippen LogP contribution is 2.56. The number of hydrogen-bond donors (Lipinski definition) is 1. The van der Waals surface area contributed by atoms with E-state index in [-0.39, 0.29) is 0 Å². The molecule has 2 fully saturated rings. The monoisotopic (exact) mass is 292 g/mol. The lowest BCUT2D eigenvalue weighted by molar-refractivity contribution is 0.148. The van der Waals surface area contributed by atoms with Crippen LogP contribution in [-0.2, 0) is 0 Å². The van der Waals surface area contributed by atoms with Crippen LogP contribution in [0.4, 0.5) is 4.79 Å². The Hall–Kier alpha value is -1.82. The molecule has 0 spiro atoms. The number of halogens is 1. The van der Waals surface area contributed by atoms with Crippen molar-refractivity contribution in [3.05, 3.63) is 23.0 Å². The maximum Gasteiger partial charge on any atom is 0.407 e. The molecule has 2 aromatic rings. The van der Waals surface area contributed by atoms with Crippen LogP contribution in [0.25, 0.3) is 11.0 Å². The van der Waals surface area contributed by atoms with Gasteiger partial charge in [0.2, 0.25) is 0 Å². The molecule has 1 saturated heterocycles. The van der Waals surface area contributed by atoms with Gasteiger partial charge in [0.25, 0.3) is 0 Å². The number of nitrogens with zero attached hydrogens (tertiary/aromatic N) is 4. The Balaban J connectivity index is 1.70. The van der Waals surface area contributed by atoms with E-state index in [1.54, 1.807) is 0 Å². The molecule has 104 valence electrons. The van der Waals surface area contributed by atoms with Crippen molar-refractivity contribution in [2.75, 3.05) is 13.1 Å². The molecular weight excluding hydrogens is 280 g/mol. The molecule has 1 aliphatic heterocycles. The number of amides is 1. The zero-order valence-corrected chi connectivity index (χ0v) is 11.6. The number of aryl methyl sites for hydroxylation is 1. The van der Waals surface area contributed by atoms with Crippen LogP contribution < -0.4 is 0 Å². The molecule has 3 heterocycles. The molecule has 0 radical (unpaired) electrons. The molecule has 1 aliphatic carbocycles. The van der Waals surface area contributed by atoms with Gasteiger partial charge in [-0.15, -0.1) is 10.2 Å². The molecule has 0 bridgehead atoms. The summed E-state index contributed by atoms with van der Waals surface area (Å²) < 4.78 is 2.24. The Morgan fingerprint density at radius 2 is 2.05 bits per heavy atom. The first kappa shape index (κ1) is 12.0. The van der Waals surface area contributed by atoms with Crippen molar-refractivity contribution in [2.24, 2.45) is 11.8 Å². The number of likely N-dealkylation sites (tertiary alicyclic amines) is 1. The molecule has 2 aromatic heterocycles. The lowest BCUT2D eigenvalue weighted by Crippen LogP contribution is -2.30. The van der Waals surface area contributed by atoms with Crippen LogP contribution in [0.3, 0.4) is 0 Å². The van der Waals surface area contributed by atoms with Crippen LogP contribution >= 0.6 is 11.6 Å². The molecule has 1 N–H and O–H groups in total. The topological polar surface area (TPSA) is 71.2 Å². The maximum absolute atomic E-state index is 11.0. The van der Waals surface area contributed by atoms with E-state index in [0.717, 1.165) is 16.7 Å². The molecule has 1 saturated carbocycles. The highest BCUT2D eigenvalue weighted by atomic mass is 35.5. The van der Waals surface area contributed by atoms with Gasteiger partial charge in [-0.2, -0.15) is 0 Å². The first-order valence-electron chi connectivity index (χ1n) is 6.55. The summed E-state index contributed by atoms with van der Waals surface area (Å²) in [4.78, 5) is 12.5. The van der Waals surface area contributed by atoms with E-state index in [0.29, 0.717) is 36.1 Å². The third kappa shape index (κ3) is 1.54. The normalized spacial score (nSPS) is 27.9. The number of rotatable bonds is 1. The molecule has 0 aromatic carbocycles. The Labute approximate surface area is 120 Å². The van der Waals surface area contributed by atoms with Gasteiger partial charge in [-0.25, -0.2) is 4.79 Å². The average Bonchev–Trinajstić information content (AvgIpc) is 2.77. The highest BCUT2D eigenvalue weighted by molar-refractivity contribution is 6.29. The highest BCUT2D eigenvalue weighted by Gasteiger charge is 2.58. The fourth-order valence-electron chi connectivity index (χ4n) is 3.55. The predicted octanol–water partition coefficient (Wildman–Crippen LogP) is 2.17. The summed E-state index contributed by atoms with van der Waals surface area (Å²) in [5, 5.41) is 17.4. The van der Waals surface area contributed by atoms with Crippen molar-refractivity contribution in [3.63, 3.8) is 0 Å². The minimum atomic E-state index is -0.820. The molecule has 6 nitrogen and oxygen atoms in total. The SMILES string of the molecule is Cc1cc2nnc(Cl)cc2n1[C@@H]1[C@@H]2CN(C(=O)O)C[C@@H]21. The number of fused-ring (bicyclic) bond motifs is 2. The van der Waals surface area contributed by atoms with Crippen molar-refractivity contribution >= 4 is 28.7 Å². The largest absolute Gasteiger partial charge is 0.465 e. The zero-order valence-electron chi connectivity index (χ0n) is 10.8. The van der Waals surface area contributed by atoms with Crippen LogP contribution in [0, 0.1) is 18.8 Å². The van der Waals surface area contributed by atoms with Crippen LogP contribution in [0.2, 0.25) is 5.15 Å². The standard InChI is InChI=1S/C13H13ClN4O2/c1-6-2-9-10(3-11(14)16-15-9)18(6)12-7-4-17(13(19)20)5-8(7)12/h2-3,7-8,12H,4-5H2,1H3,(H,19,20)/t7-,8+,12-. The number of aromatic nitrogens is 3. The van der Waals surface area contributed by atoms with Crippen molar-refractivity contribution in [2.45, 2.75) is 13.0 Å². The van der Waals surface area contributed by atoms with Crippen LogP contribution in [-0.4, -0.2) is 44.0 Å². The van der Waals surface area contributed by atoms with E-state index >= 15 is 0 Å². The molecule has 7 heteroatoms. The van der Waals surface area contributed by atoms with Gasteiger partial charge >= 0.3 is 6.09 Å².